The van der Waals surface area contributed by atoms with Crippen molar-refractivity contribution in [3.63, 3.8) is 0 Å². The van der Waals surface area contributed by atoms with Crippen LogP contribution in [0.1, 0.15) is 24.0 Å². The van der Waals surface area contributed by atoms with E-state index in [0.29, 0.717) is 25.2 Å². The zero-order chi connectivity index (χ0) is 15.2. The Bertz CT molecular complexity index is 487. The third-order valence-corrected chi connectivity index (χ3v) is 3.98. The molecule has 1 aliphatic heterocycles. The third-order valence-electron chi connectivity index (χ3n) is 3.98. The van der Waals surface area contributed by atoms with Crippen molar-refractivity contribution in [1.29, 1.82) is 0 Å². The molecule has 2 rings (SSSR count). The first-order chi connectivity index (χ1) is 10.1. The van der Waals surface area contributed by atoms with Gasteiger partial charge in [-0.25, -0.2) is 0 Å². The van der Waals surface area contributed by atoms with Crippen molar-refractivity contribution in [2.24, 2.45) is 0 Å². The fraction of sp³-hybridized carbons (Fsp3) is 0.600. The molecule has 1 heterocycles. The van der Waals surface area contributed by atoms with Gasteiger partial charge < -0.3 is 15.3 Å². The largest absolute Gasteiger partial charge is 0.390 e. The summed E-state index contributed by atoms with van der Waals surface area (Å²) in [6.07, 6.45) is 2.03. The van der Waals surface area contributed by atoms with Crippen molar-refractivity contribution in [3.8, 4) is 0 Å². The molecule has 1 aromatic rings. The van der Waals surface area contributed by atoms with Crippen LogP contribution in [0.25, 0.3) is 0 Å². The molecule has 1 saturated heterocycles. The molecule has 0 amide bonds. The van der Waals surface area contributed by atoms with Crippen LogP contribution in [0.15, 0.2) is 18.2 Å². The number of hydrogen-bond acceptors (Lipinski definition) is 5. The number of nitrogens with zero attached hydrogens (tertiary/aromatic N) is 2. The molecule has 6 heteroatoms. The van der Waals surface area contributed by atoms with Crippen molar-refractivity contribution < 1.29 is 10.0 Å². The van der Waals surface area contributed by atoms with E-state index < -0.39 is 6.10 Å². The predicted octanol–water partition coefficient (Wildman–Crippen LogP) is 1.45. The molecular weight excluding hydrogens is 270 g/mol. The van der Waals surface area contributed by atoms with Crippen molar-refractivity contribution in [3.05, 3.63) is 39.4 Å². The monoisotopic (exact) mass is 293 g/mol. The van der Waals surface area contributed by atoms with E-state index in [2.05, 4.69) is 10.2 Å². The highest BCUT2D eigenvalue weighted by atomic mass is 16.6. The van der Waals surface area contributed by atoms with E-state index in [1.807, 2.05) is 6.07 Å². The van der Waals surface area contributed by atoms with Crippen molar-refractivity contribution in [2.75, 3.05) is 26.2 Å². The van der Waals surface area contributed by atoms with Gasteiger partial charge in [-0.15, -0.1) is 0 Å². The summed E-state index contributed by atoms with van der Waals surface area (Å²) in [4.78, 5) is 12.8. The summed E-state index contributed by atoms with van der Waals surface area (Å²) in [6.45, 7) is 5.63. The molecule has 1 fully saturated rings. The topological polar surface area (TPSA) is 78.6 Å². The van der Waals surface area contributed by atoms with Crippen LogP contribution in [0, 0.1) is 17.0 Å². The highest BCUT2D eigenvalue weighted by Crippen LogP contribution is 2.20. The van der Waals surface area contributed by atoms with E-state index in [1.54, 1.807) is 13.0 Å². The van der Waals surface area contributed by atoms with Gasteiger partial charge in [0.2, 0.25) is 0 Å². The second-order valence-electron chi connectivity index (χ2n) is 5.61. The van der Waals surface area contributed by atoms with Crippen LogP contribution in [-0.2, 0) is 6.54 Å². The van der Waals surface area contributed by atoms with Crippen LogP contribution in [-0.4, -0.2) is 47.2 Å². The summed E-state index contributed by atoms with van der Waals surface area (Å²) < 4.78 is 0. The Kier molecular flexibility index (Phi) is 5.67. The van der Waals surface area contributed by atoms with Crippen LogP contribution in [0.4, 0.5) is 5.69 Å². The molecule has 1 unspecified atom stereocenters. The summed E-state index contributed by atoms with van der Waals surface area (Å²) in [5, 5.41) is 24.1. The minimum Gasteiger partial charge on any atom is -0.390 e. The fourth-order valence-electron chi connectivity index (χ4n) is 2.76. The van der Waals surface area contributed by atoms with Gasteiger partial charge >= 0.3 is 0 Å². The number of hydrogen-bond donors (Lipinski definition) is 2. The molecule has 0 aliphatic carbocycles. The lowest BCUT2D eigenvalue weighted by Crippen LogP contribution is -2.36. The Balaban J connectivity index is 1.80. The van der Waals surface area contributed by atoms with Gasteiger partial charge in [-0.3, -0.25) is 10.1 Å². The maximum atomic E-state index is 10.9. The van der Waals surface area contributed by atoms with Gasteiger partial charge in [0.1, 0.15) is 0 Å². The SMILES string of the molecule is Cc1c(CNCC(O)CN2CCCC2)cccc1[N+](=O)[O-]. The standard InChI is InChI=1S/C15H23N3O3/c1-12-13(5-4-6-15(12)18(20)21)9-16-10-14(19)11-17-7-2-3-8-17/h4-6,14,16,19H,2-3,7-11H2,1H3. The molecule has 0 spiro atoms. The van der Waals surface area contributed by atoms with Crippen molar-refractivity contribution in [1.82, 2.24) is 10.2 Å². The highest BCUT2D eigenvalue weighted by Gasteiger charge is 2.16. The average Bonchev–Trinajstić information content (AvgIpc) is 2.93. The lowest BCUT2D eigenvalue weighted by Gasteiger charge is -2.19. The Hall–Kier alpha value is -1.50. The van der Waals surface area contributed by atoms with E-state index in [-0.39, 0.29) is 10.6 Å². The summed E-state index contributed by atoms with van der Waals surface area (Å²) in [6, 6.07) is 5.09. The lowest BCUT2D eigenvalue weighted by atomic mass is 10.1. The zero-order valence-electron chi connectivity index (χ0n) is 12.4. The number of nitrogens with one attached hydrogen (secondary N) is 1. The highest BCUT2D eigenvalue weighted by molar-refractivity contribution is 5.44. The van der Waals surface area contributed by atoms with Gasteiger partial charge in [0.15, 0.2) is 0 Å². The molecule has 1 aromatic carbocycles. The first-order valence-electron chi connectivity index (χ1n) is 7.42. The van der Waals surface area contributed by atoms with Crippen molar-refractivity contribution >= 4 is 5.69 Å². The molecule has 1 aliphatic rings. The van der Waals surface area contributed by atoms with Gasteiger partial charge in [-0.05, 0) is 38.4 Å². The quantitative estimate of drug-likeness (QED) is 0.587. The number of benzene rings is 1. The van der Waals surface area contributed by atoms with E-state index in [9.17, 15) is 15.2 Å². The molecule has 0 radical (unpaired) electrons. The number of β-amino-alcohol motifs (C(OH)–C–C–N with tert-alkyl or cyclic N) is 1. The first-order valence-corrected chi connectivity index (χ1v) is 7.42. The summed E-state index contributed by atoms with van der Waals surface area (Å²) >= 11 is 0. The van der Waals surface area contributed by atoms with Gasteiger partial charge in [-0.2, -0.15) is 0 Å². The van der Waals surface area contributed by atoms with Crippen LogP contribution in [0.2, 0.25) is 0 Å². The van der Waals surface area contributed by atoms with Crippen LogP contribution >= 0.6 is 0 Å². The molecule has 0 bridgehead atoms. The van der Waals surface area contributed by atoms with Gasteiger partial charge in [0, 0.05) is 31.3 Å². The van der Waals surface area contributed by atoms with Crippen LogP contribution < -0.4 is 5.32 Å². The molecular formula is C15H23N3O3. The first kappa shape index (κ1) is 15.9. The van der Waals surface area contributed by atoms with Gasteiger partial charge in [0.25, 0.3) is 5.69 Å². The minimum absolute atomic E-state index is 0.145. The number of nitro groups is 1. The predicted molar refractivity (Wildman–Crippen MR) is 81.2 cm³/mol. The van der Waals surface area contributed by atoms with E-state index >= 15 is 0 Å². The van der Waals surface area contributed by atoms with Gasteiger partial charge in [-0.1, -0.05) is 12.1 Å². The molecule has 0 aromatic heterocycles. The van der Waals surface area contributed by atoms with Crippen LogP contribution in [0.5, 0.6) is 0 Å². The molecule has 2 N–H and O–H groups in total. The Morgan fingerprint density at radius 3 is 2.81 bits per heavy atom. The summed E-state index contributed by atoms with van der Waals surface area (Å²) in [5.41, 5.74) is 1.73. The normalized spacial score (nSPS) is 17.0. The summed E-state index contributed by atoms with van der Waals surface area (Å²) in [5.74, 6) is 0. The van der Waals surface area contributed by atoms with E-state index in [1.165, 1.54) is 18.9 Å². The van der Waals surface area contributed by atoms with Gasteiger partial charge in [0.05, 0.1) is 11.0 Å². The Morgan fingerprint density at radius 2 is 2.14 bits per heavy atom. The van der Waals surface area contributed by atoms with Crippen LogP contribution in [0.3, 0.4) is 0 Å². The zero-order valence-corrected chi connectivity index (χ0v) is 12.4. The number of aliphatic hydroxyl groups excluding tert-OH is 1. The van der Waals surface area contributed by atoms with Crippen molar-refractivity contribution in [2.45, 2.75) is 32.4 Å². The lowest BCUT2D eigenvalue weighted by molar-refractivity contribution is -0.385. The number of aliphatic hydroxyl groups is 1. The number of likely N-dealkylation sites (tertiary alicyclic amines) is 1. The smallest absolute Gasteiger partial charge is 0.272 e. The second kappa shape index (κ2) is 7.49. The maximum Gasteiger partial charge on any atom is 0.272 e. The Labute approximate surface area is 124 Å². The summed E-state index contributed by atoms with van der Waals surface area (Å²) in [7, 11) is 0. The molecule has 116 valence electrons. The minimum atomic E-state index is -0.401. The number of nitro benzene ring substituents is 1. The van der Waals surface area contributed by atoms with E-state index in [4.69, 9.17) is 0 Å². The second-order valence-corrected chi connectivity index (χ2v) is 5.61. The number of rotatable bonds is 7. The molecule has 1 atom stereocenters. The molecule has 21 heavy (non-hydrogen) atoms. The third kappa shape index (κ3) is 4.49. The van der Waals surface area contributed by atoms with E-state index in [0.717, 1.165) is 18.7 Å². The maximum absolute atomic E-state index is 10.9. The fourth-order valence-corrected chi connectivity index (χ4v) is 2.76. The molecule has 0 saturated carbocycles. The average molecular weight is 293 g/mol. The molecule has 6 nitrogen and oxygen atoms in total. The Morgan fingerprint density at radius 1 is 1.43 bits per heavy atom.